The lowest BCUT2D eigenvalue weighted by Gasteiger charge is -2.34. The lowest BCUT2D eigenvalue weighted by Crippen LogP contribution is -2.47. The van der Waals surface area contributed by atoms with Crippen LogP contribution in [0.3, 0.4) is 0 Å². The summed E-state index contributed by atoms with van der Waals surface area (Å²) in [5.41, 5.74) is 6.77. The van der Waals surface area contributed by atoms with Crippen LogP contribution in [-0.2, 0) is 0 Å². The van der Waals surface area contributed by atoms with Crippen LogP contribution >= 0.6 is 11.6 Å². The van der Waals surface area contributed by atoms with Crippen molar-refractivity contribution in [3.63, 3.8) is 0 Å². The minimum Gasteiger partial charge on any atom is -0.465 e. The van der Waals surface area contributed by atoms with Gasteiger partial charge in [-0.25, -0.2) is 9.18 Å². The van der Waals surface area contributed by atoms with E-state index in [4.69, 9.17) is 17.3 Å². The van der Waals surface area contributed by atoms with Crippen LogP contribution in [0, 0.1) is 18.7 Å². The van der Waals surface area contributed by atoms with Crippen LogP contribution in [0.4, 0.5) is 14.9 Å². The standard InChI is InChI=1S/C18H20ClFN4O3/c1-8-14(19)13-15(22-8)10(17(21)25)5-11(20)16(13)23-6-9-3-2-4-24(18(26)27)12(9)7-23/h5,9,12,22H,2-4,6-7H2,1H3,(H2,21,25)(H,26,27). The number of halogens is 2. The number of hydrogen-bond donors (Lipinski definition) is 3. The maximum atomic E-state index is 15.1. The normalized spacial score (nSPS) is 22.3. The highest BCUT2D eigenvalue weighted by atomic mass is 35.5. The number of nitrogens with zero attached hydrogens (tertiary/aromatic N) is 2. The first-order valence-electron chi connectivity index (χ1n) is 8.84. The fourth-order valence-corrected chi connectivity index (χ4v) is 4.75. The van der Waals surface area contributed by atoms with Gasteiger partial charge in [0.2, 0.25) is 0 Å². The largest absolute Gasteiger partial charge is 0.465 e. The van der Waals surface area contributed by atoms with E-state index < -0.39 is 17.8 Å². The fraction of sp³-hybridized carbons (Fsp3) is 0.444. The zero-order valence-corrected chi connectivity index (χ0v) is 15.5. The van der Waals surface area contributed by atoms with Crippen molar-refractivity contribution < 1.29 is 19.1 Å². The van der Waals surface area contributed by atoms with Gasteiger partial charge in [-0.05, 0) is 31.7 Å². The molecule has 2 aliphatic heterocycles. The number of nitrogens with two attached hydrogens (primary N) is 1. The SMILES string of the molecule is Cc1[nH]c2c(C(N)=O)cc(F)c(N3CC4CCCN(C(=O)O)C4C3)c2c1Cl. The number of aromatic nitrogens is 1. The number of aryl methyl sites for hydroxylation is 1. The van der Waals surface area contributed by atoms with Crippen LogP contribution in [0.15, 0.2) is 6.07 Å². The van der Waals surface area contributed by atoms with E-state index >= 15 is 4.39 Å². The first-order chi connectivity index (χ1) is 12.8. The average molecular weight is 395 g/mol. The quantitative estimate of drug-likeness (QED) is 0.728. The van der Waals surface area contributed by atoms with Gasteiger partial charge in [-0.1, -0.05) is 11.6 Å². The Kier molecular flexibility index (Phi) is 4.18. The molecule has 4 rings (SSSR count). The molecule has 0 saturated carbocycles. The van der Waals surface area contributed by atoms with Crippen LogP contribution in [0.25, 0.3) is 10.9 Å². The topological polar surface area (TPSA) is 103 Å². The maximum absolute atomic E-state index is 15.1. The molecule has 2 unspecified atom stereocenters. The summed E-state index contributed by atoms with van der Waals surface area (Å²) >= 11 is 6.42. The Labute approximate surface area is 159 Å². The number of H-pyrrole nitrogens is 1. The minimum absolute atomic E-state index is 0.0463. The molecule has 0 spiro atoms. The van der Waals surface area contributed by atoms with E-state index in [0.29, 0.717) is 46.9 Å². The molecule has 2 amide bonds. The van der Waals surface area contributed by atoms with E-state index in [1.807, 2.05) is 4.90 Å². The second-order valence-electron chi connectivity index (χ2n) is 7.28. The highest BCUT2D eigenvalue weighted by Crippen LogP contribution is 2.42. The molecular formula is C18H20ClFN4O3. The molecule has 3 heterocycles. The summed E-state index contributed by atoms with van der Waals surface area (Å²) in [4.78, 5) is 29.6. The zero-order chi connectivity index (χ0) is 19.5. The summed E-state index contributed by atoms with van der Waals surface area (Å²) in [6.45, 7) is 3.16. The maximum Gasteiger partial charge on any atom is 0.407 e. The third kappa shape index (κ3) is 2.70. The summed E-state index contributed by atoms with van der Waals surface area (Å²) < 4.78 is 15.1. The first-order valence-corrected chi connectivity index (χ1v) is 9.22. The van der Waals surface area contributed by atoms with Gasteiger partial charge < -0.3 is 25.6 Å². The zero-order valence-electron chi connectivity index (χ0n) is 14.8. The second kappa shape index (κ2) is 6.30. The molecule has 2 aromatic rings. The molecule has 2 saturated heterocycles. The predicted molar refractivity (Wildman–Crippen MR) is 100.0 cm³/mol. The van der Waals surface area contributed by atoms with E-state index in [0.717, 1.165) is 18.9 Å². The highest BCUT2D eigenvalue weighted by molar-refractivity contribution is 6.38. The number of rotatable bonds is 2. The number of aromatic amines is 1. The summed E-state index contributed by atoms with van der Waals surface area (Å²) in [6.07, 6.45) is 0.746. The van der Waals surface area contributed by atoms with E-state index in [1.54, 1.807) is 6.92 Å². The summed E-state index contributed by atoms with van der Waals surface area (Å²) in [7, 11) is 0. The number of piperidine rings is 1. The molecular weight excluding hydrogens is 375 g/mol. The van der Waals surface area contributed by atoms with Crippen LogP contribution in [0.2, 0.25) is 5.02 Å². The molecule has 2 fully saturated rings. The van der Waals surface area contributed by atoms with Crippen molar-refractivity contribution in [3.05, 3.63) is 28.2 Å². The lowest BCUT2D eigenvalue weighted by molar-refractivity contribution is 0.0963. The van der Waals surface area contributed by atoms with Gasteiger partial charge in [0, 0.05) is 30.7 Å². The third-order valence-corrected chi connectivity index (χ3v) is 6.20. The lowest BCUT2D eigenvalue weighted by atomic mass is 9.92. The number of carbonyl (C=O) groups excluding carboxylic acids is 1. The summed E-state index contributed by atoms with van der Waals surface area (Å²) in [6, 6.07) is 0.948. The van der Waals surface area contributed by atoms with Gasteiger partial charge in [0.25, 0.3) is 5.91 Å². The van der Waals surface area contributed by atoms with E-state index in [-0.39, 0.29) is 17.5 Å². The third-order valence-electron chi connectivity index (χ3n) is 5.72. The van der Waals surface area contributed by atoms with Gasteiger partial charge in [-0.15, -0.1) is 0 Å². The average Bonchev–Trinajstić information content (AvgIpc) is 3.16. The van der Waals surface area contributed by atoms with Crippen LogP contribution in [0.1, 0.15) is 28.9 Å². The molecule has 27 heavy (non-hydrogen) atoms. The van der Waals surface area contributed by atoms with Crippen LogP contribution in [0.5, 0.6) is 0 Å². The number of primary amides is 1. The van der Waals surface area contributed by atoms with Crippen molar-refractivity contribution in [1.29, 1.82) is 0 Å². The Morgan fingerprint density at radius 2 is 2.15 bits per heavy atom. The fourth-order valence-electron chi connectivity index (χ4n) is 4.52. The Morgan fingerprint density at radius 3 is 2.81 bits per heavy atom. The van der Waals surface area contributed by atoms with Crippen molar-refractivity contribution in [3.8, 4) is 0 Å². The molecule has 144 valence electrons. The molecule has 0 bridgehead atoms. The predicted octanol–water partition coefficient (Wildman–Crippen LogP) is 2.95. The molecule has 7 nitrogen and oxygen atoms in total. The number of likely N-dealkylation sites (tertiary alicyclic amines) is 1. The van der Waals surface area contributed by atoms with Crippen molar-refractivity contribution in [2.75, 3.05) is 24.5 Å². The van der Waals surface area contributed by atoms with Gasteiger partial charge in [0.1, 0.15) is 5.82 Å². The molecule has 0 radical (unpaired) electrons. The molecule has 4 N–H and O–H groups in total. The number of anilines is 1. The van der Waals surface area contributed by atoms with Gasteiger partial charge in [0.15, 0.2) is 0 Å². The van der Waals surface area contributed by atoms with Crippen molar-refractivity contribution in [1.82, 2.24) is 9.88 Å². The number of benzene rings is 1. The van der Waals surface area contributed by atoms with Gasteiger partial charge in [-0.3, -0.25) is 4.79 Å². The van der Waals surface area contributed by atoms with E-state index in [2.05, 4.69) is 4.98 Å². The smallest absolute Gasteiger partial charge is 0.407 e. The Balaban J connectivity index is 1.83. The first kappa shape index (κ1) is 17.9. The van der Waals surface area contributed by atoms with Crippen LogP contribution < -0.4 is 10.6 Å². The molecule has 1 aromatic carbocycles. The number of carboxylic acid groups (broad SMARTS) is 1. The number of nitrogens with one attached hydrogen (secondary N) is 1. The van der Waals surface area contributed by atoms with Gasteiger partial charge >= 0.3 is 6.09 Å². The number of hydrogen-bond acceptors (Lipinski definition) is 3. The van der Waals surface area contributed by atoms with Crippen molar-refractivity contribution in [2.45, 2.75) is 25.8 Å². The van der Waals surface area contributed by atoms with Gasteiger partial charge in [-0.2, -0.15) is 0 Å². The molecule has 1 aromatic heterocycles. The van der Waals surface area contributed by atoms with Crippen molar-refractivity contribution in [2.24, 2.45) is 11.7 Å². The Bertz CT molecular complexity index is 960. The Hall–Kier alpha value is -2.48. The number of fused-ring (bicyclic) bond motifs is 2. The monoisotopic (exact) mass is 394 g/mol. The van der Waals surface area contributed by atoms with Crippen LogP contribution in [-0.4, -0.2) is 52.7 Å². The minimum atomic E-state index is -0.947. The van der Waals surface area contributed by atoms with Gasteiger partial charge in [0.05, 0.1) is 27.8 Å². The van der Waals surface area contributed by atoms with E-state index in [9.17, 15) is 14.7 Å². The molecule has 9 heteroatoms. The second-order valence-corrected chi connectivity index (χ2v) is 7.66. The summed E-state index contributed by atoms with van der Waals surface area (Å²) in [5.74, 6) is -1.19. The van der Waals surface area contributed by atoms with E-state index in [1.165, 1.54) is 4.90 Å². The molecule has 0 aliphatic carbocycles. The Morgan fingerprint density at radius 1 is 1.41 bits per heavy atom. The number of carbonyl (C=O) groups is 2. The van der Waals surface area contributed by atoms with Crippen molar-refractivity contribution >= 4 is 40.2 Å². The summed E-state index contributed by atoms with van der Waals surface area (Å²) in [5, 5.41) is 10.2. The molecule has 2 aliphatic rings. The number of amides is 2. The molecule has 2 atom stereocenters. The highest BCUT2D eigenvalue weighted by Gasteiger charge is 2.42.